The third kappa shape index (κ3) is 5.36. The zero-order valence-electron chi connectivity index (χ0n) is 20.1. The molecule has 0 aliphatic carbocycles. The van der Waals surface area contributed by atoms with Gasteiger partial charge in [-0.15, -0.1) is 24.5 Å². The highest BCUT2D eigenvalue weighted by molar-refractivity contribution is 7.26. The number of carbonyl (C=O) groups excluding carboxylic acids is 2. The van der Waals surface area contributed by atoms with Crippen molar-refractivity contribution in [2.75, 3.05) is 0 Å². The summed E-state index contributed by atoms with van der Waals surface area (Å²) in [4.78, 5) is 23.8. The van der Waals surface area contributed by atoms with Crippen molar-refractivity contribution in [3.63, 3.8) is 0 Å². The fourth-order valence-corrected chi connectivity index (χ4v) is 4.91. The lowest BCUT2D eigenvalue weighted by Gasteiger charge is -2.15. The number of esters is 2. The van der Waals surface area contributed by atoms with Gasteiger partial charge in [0, 0.05) is 37.7 Å². The average Bonchev–Trinajstić information content (AvgIpc) is 3.20. The Morgan fingerprint density at radius 3 is 1.97 bits per heavy atom. The van der Waals surface area contributed by atoms with Gasteiger partial charge in [0.25, 0.3) is 0 Å². The number of fused-ring (bicyclic) bond motifs is 3. The highest BCUT2D eigenvalue weighted by Gasteiger charge is 2.34. The molecule has 1 heterocycles. The van der Waals surface area contributed by atoms with Crippen molar-refractivity contribution in [2.45, 2.75) is 27.1 Å². The van der Waals surface area contributed by atoms with Gasteiger partial charge in [-0.1, -0.05) is 31.4 Å². The van der Waals surface area contributed by atoms with Crippen molar-refractivity contribution >= 4 is 43.4 Å². The van der Waals surface area contributed by atoms with E-state index in [-0.39, 0.29) is 32.9 Å². The van der Waals surface area contributed by atoms with Crippen LogP contribution in [0.5, 0.6) is 17.2 Å². The number of hydrogen-bond donors (Lipinski definition) is 0. The normalized spacial score (nSPS) is 11.4. The Hall–Kier alpha value is -4.11. The minimum Gasteiger partial charge on any atom is -0.423 e. The molecule has 4 rings (SSSR count). The van der Waals surface area contributed by atoms with E-state index in [1.54, 1.807) is 43.3 Å². The fraction of sp³-hybridized carbons (Fsp3) is 0.143. The molecule has 1 aromatic heterocycles. The maximum Gasteiger partial charge on any atom is 0.573 e. The van der Waals surface area contributed by atoms with E-state index in [2.05, 4.69) is 17.9 Å². The first-order valence-electron chi connectivity index (χ1n) is 11.0. The van der Waals surface area contributed by atoms with Crippen LogP contribution in [0.15, 0.2) is 72.8 Å². The molecule has 37 heavy (non-hydrogen) atoms. The van der Waals surface area contributed by atoms with Crippen LogP contribution in [-0.4, -0.2) is 18.3 Å². The Labute approximate surface area is 214 Å². The lowest BCUT2D eigenvalue weighted by Crippen LogP contribution is -2.17. The van der Waals surface area contributed by atoms with E-state index >= 15 is 0 Å². The van der Waals surface area contributed by atoms with Crippen molar-refractivity contribution in [3.8, 4) is 28.4 Å². The van der Waals surface area contributed by atoms with Crippen LogP contribution in [0.2, 0.25) is 0 Å². The number of alkyl halides is 3. The molecule has 0 spiro atoms. The molecule has 0 saturated carbocycles. The Balaban J connectivity index is 1.85. The molecule has 0 saturated heterocycles. The molecule has 0 bridgehead atoms. The number of carbonyl (C=O) groups is 2. The lowest BCUT2D eigenvalue weighted by molar-refractivity contribution is -0.273. The standard InChI is InChI=1S/C28H21F3O5S/c1-14(2)26(32)34-18-8-6-17(7-9-18)19-10-11-21-20-12-13-22(35-27(33)15(3)4)16(5)24(20)37-25(21)23(19)36-28(29,30)31/h6-13H,1,3H2,2,4-5H3. The first-order chi connectivity index (χ1) is 17.4. The predicted molar refractivity (Wildman–Crippen MR) is 137 cm³/mol. The summed E-state index contributed by atoms with van der Waals surface area (Å²) in [6.07, 6.45) is -4.94. The molecule has 4 aromatic rings. The van der Waals surface area contributed by atoms with Gasteiger partial charge in [0.15, 0.2) is 5.75 Å². The molecule has 0 aliphatic rings. The quantitative estimate of drug-likeness (QED) is 0.145. The number of benzene rings is 3. The summed E-state index contributed by atoms with van der Waals surface area (Å²) in [5.74, 6) is -1.03. The second kappa shape index (κ2) is 9.74. The van der Waals surface area contributed by atoms with Gasteiger partial charge in [0.2, 0.25) is 0 Å². The van der Waals surface area contributed by atoms with Crippen molar-refractivity contribution in [1.82, 2.24) is 0 Å². The lowest BCUT2D eigenvalue weighted by atomic mass is 10.0. The maximum absolute atomic E-state index is 13.5. The van der Waals surface area contributed by atoms with Gasteiger partial charge in [-0.05, 0) is 56.7 Å². The van der Waals surface area contributed by atoms with Crippen LogP contribution in [0, 0.1) is 6.92 Å². The van der Waals surface area contributed by atoms with Crippen LogP contribution in [0.3, 0.4) is 0 Å². The SMILES string of the molecule is C=C(C)C(=O)Oc1ccc(-c2ccc3c(sc4c(C)c(OC(=O)C(=C)C)ccc43)c2OC(F)(F)F)cc1. The third-order valence-corrected chi connectivity index (χ3v) is 6.80. The number of thiophene rings is 1. The van der Waals surface area contributed by atoms with Crippen molar-refractivity contribution < 1.29 is 37.0 Å². The largest absolute Gasteiger partial charge is 0.573 e. The average molecular weight is 527 g/mol. The number of halogens is 3. The third-order valence-electron chi connectivity index (χ3n) is 5.46. The van der Waals surface area contributed by atoms with Crippen molar-refractivity contribution in [2.24, 2.45) is 0 Å². The van der Waals surface area contributed by atoms with Crippen molar-refractivity contribution in [3.05, 3.63) is 78.4 Å². The number of hydrogen-bond acceptors (Lipinski definition) is 6. The fourth-order valence-electron chi connectivity index (χ4n) is 3.63. The number of aryl methyl sites for hydroxylation is 1. The van der Waals surface area contributed by atoms with Crippen LogP contribution in [0.25, 0.3) is 31.3 Å². The maximum atomic E-state index is 13.5. The molecule has 3 aromatic carbocycles. The molecule has 0 radical (unpaired) electrons. The van der Waals surface area contributed by atoms with Crippen LogP contribution >= 0.6 is 11.3 Å². The van der Waals surface area contributed by atoms with Gasteiger partial charge < -0.3 is 14.2 Å². The van der Waals surface area contributed by atoms with E-state index in [0.29, 0.717) is 32.3 Å². The van der Waals surface area contributed by atoms with Crippen LogP contribution in [0.1, 0.15) is 19.4 Å². The molecule has 0 atom stereocenters. The molecule has 0 unspecified atom stereocenters. The van der Waals surface area contributed by atoms with E-state index < -0.39 is 18.3 Å². The predicted octanol–water partition coefficient (Wildman–Crippen LogP) is 7.89. The molecule has 0 fully saturated rings. The first-order valence-corrected chi connectivity index (χ1v) is 11.8. The van der Waals surface area contributed by atoms with Crippen LogP contribution < -0.4 is 14.2 Å². The summed E-state index contributed by atoms with van der Waals surface area (Å²) in [6, 6.07) is 12.6. The number of ether oxygens (including phenoxy) is 3. The zero-order valence-corrected chi connectivity index (χ0v) is 20.9. The van der Waals surface area contributed by atoms with E-state index in [1.165, 1.54) is 26.0 Å². The molecule has 0 N–H and O–H groups in total. The minimum absolute atomic E-state index is 0.209. The van der Waals surface area contributed by atoms with E-state index in [1.807, 2.05) is 0 Å². The van der Waals surface area contributed by atoms with E-state index in [9.17, 15) is 22.8 Å². The summed E-state index contributed by atoms with van der Waals surface area (Å²) in [5, 5.41) is 1.27. The second-order valence-corrected chi connectivity index (χ2v) is 9.42. The molecule has 9 heteroatoms. The topological polar surface area (TPSA) is 61.8 Å². The molecule has 5 nitrogen and oxygen atoms in total. The van der Waals surface area contributed by atoms with Gasteiger partial charge in [-0.3, -0.25) is 0 Å². The summed E-state index contributed by atoms with van der Waals surface area (Å²) < 4.78 is 56.6. The van der Waals surface area contributed by atoms with Gasteiger partial charge >= 0.3 is 18.3 Å². The Morgan fingerprint density at radius 1 is 0.811 bits per heavy atom. The van der Waals surface area contributed by atoms with E-state index in [4.69, 9.17) is 9.47 Å². The summed E-state index contributed by atoms with van der Waals surface area (Å²) in [6.45, 7) is 11.8. The van der Waals surface area contributed by atoms with Crippen LogP contribution in [-0.2, 0) is 9.59 Å². The van der Waals surface area contributed by atoms with Gasteiger partial charge in [0.05, 0.1) is 4.70 Å². The Morgan fingerprint density at radius 2 is 1.38 bits per heavy atom. The number of rotatable bonds is 6. The van der Waals surface area contributed by atoms with E-state index in [0.717, 1.165) is 11.3 Å². The Bertz CT molecular complexity index is 1580. The van der Waals surface area contributed by atoms with Crippen molar-refractivity contribution in [1.29, 1.82) is 0 Å². The summed E-state index contributed by atoms with van der Waals surface area (Å²) in [7, 11) is 0. The summed E-state index contributed by atoms with van der Waals surface area (Å²) in [5.41, 5.74) is 1.69. The highest BCUT2D eigenvalue weighted by Crippen LogP contribution is 2.48. The minimum atomic E-state index is -4.94. The zero-order chi connectivity index (χ0) is 27.1. The Kier molecular flexibility index (Phi) is 6.84. The molecular weight excluding hydrogens is 505 g/mol. The van der Waals surface area contributed by atoms with Gasteiger partial charge in [0.1, 0.15) is 11.5 Å². The van der Waals surface area contributed by atoms with Crippen LogP contribution in [0.4, 0.5) is 13.2 Å². The smallest absolute Gasteiger partial charge is 0.423 e. The van der Waals surface area contributed by atoms with Gasteiger partial charge in [-0.25, -0.2) is 9.59 Å². The second-order valence-electron chi connectivity index (χ2n) is 8.40. The highest BCUT2D eigenvalue weighted by atomic mass is 32.1. The molecular formula is C28H21F3O5S. The summed E-state index contributed by atoms with van der Waals surface area (Å²) >= 11 is 1.11. The molecule has 0 amide bonds. The molecule has 190 valence electrons. The van der Waals surface area contributed by atoms with Gasteiger partial charge in [-0.2, -0.15) is 0 Å². The molecule has 0 aliphatic heterocycles. The monoisotopic (exact) mass is 526 g/mol. The first kappa shape index (κ1) is 26.0.